The van der Waals surface area contributed by atoms with E-state index in [4.69, 9.17) is 14.2 Å². The molecule has 142 valence electrons. The van der Waals surface area contributed by atoms with Gasteiger partial charge in [0.25, 0.3) is 0 Å². The highest BCUT2D eigenvalue weighted by atomic mass is 16.7. The quantitative estimate of drug-likeness (QED) is 0.441. The van der Waals surface area contributed by atoms with Crippen molar-refractivity contribution in [1.82, 2.24) is 0 Å². The lowest BCUT2D eigenvalue weighted by atomic mass is 9.99. The van der Waals surface area contributed by atoms with Gasteiger partial charge in [-0.25, -0.2) is 0 Å². The average molecular weight is 364 g/mol. The Labute approximate surface area is 161 Å². The van der Waals surface area contributed by atoms with Crippen molar-refractivity contribution in [3.63, 3.8) is 0 Å². The van der Waals surface area contributed by atoms with E-state index in [2.05, 4.69) is 56.3 Å². The number of methoxy groups -OCH3 is 1. The molecule has 0 aliphatic rings. The molecule has 0 amide bonds. The molecule has 2 atom stereocenters. The molecule has 0 aromatic heterocycles. The largest absolute Gasteiger partial charge is 0.462 e. The van der Waals surface area contributed by atoms with Crippen LogP contribution in [0, 0.1) is 0 Å². The van der Waals surface area contributed by atoms with Crippen LogP contribution in [0.15, 0.2) is 66.7 Å². The van der Waals surface area contributed by atoms with Crippen LogP contribution in [0.2, 0.25) is 0 Å². The molecule has 0 heterocycles. The number of hydrogen-bond acceptors (Lipinski definition) is 3. The first-order valence-corrected chi connectivity index (χ1v) is 9.55. The second-order valence-electron chi connectivity index (χ2n) is 6.83. The van der Waals surface area contributed by atoms with Crippen LogP contribution in [0.4, 0.5) is 0 Å². The minimum Gasteiger partial charge on any atom is -0.462 e. The highest BCUT2D eigenvalue weighted by Crippen LogP contribution is 2.23. The zero-order valence-electron chi connectivity index (χ0n) is 16.4. The molecular formula is C24H28O3. The molecule has 0 radical (unpaired) electrons. The Morgan fingerprint density at radius 1 is 0.889 bits per heavy atom. The predicted molar refractivity (Wildman–Crippen MR) is 110 cm³/mol. The van der Waals surface area contributed by atoms with Crippen molar-refractivity contribution in [2.24, 2.45) is 0 Å². The van der Waals surface area contributed by atoms with Gasteiger partial charge in [0.05, 0.1) is 6.61 Å². The van der Waals surface area contributed by atoms with Crippen LogP contribution < -0.4 is 4.74 Å². The molecule has 0 saturated heterocycles. The summed E-state index contributed by atoms with van der Waals surface area (Å²) >= 11 is 0. The maximum Gasteiger partial charge on any atom is 0.223 e. The summed E-state index contributed by atoms with van der Waals surface area (Å²) in [5.74, 6) is 1.35. The van der Waals surface area contributed by atoms with Gasteiger partial charge in [-0.15, -0.1) is 0 Å². The van der Waals surface area contributed by atoms with Crippen molar-refractivity contribution in [2.75, 3.05) is 13.7 Å². The zero-order chi connectivity index (χ0) is 19.1. The zero-order valence-corrected chi connectivity index (χ0v) is 16.4. The summed E-state index contributed by atoms with van der Waals surface area (Å²) in [7, 11) is 1.66. The summed E-state index contributed by atoms with van der Waals surface area (Å²) < 4.78 is 17.3. The third kappa shape index (κ3) is 5.09. The molecule has 0 aliphatic carbocycles. The van der Waals surface area contributed by atoms with Crippen LogP contribution >= 0.6 is 0 Å². The highest BCUT2D eigenvalue weighted by Gasteiger charge is 2.13. The molecule has 3 heteroatoms. The van der Waals surface area contributed by atoms with Crippen LogP contribution in [0.5, 0.6) is 5.75 Å². The Kier molecular flexibility index (Phi) is 6.86. The average Bonchev–Trinajstić information content (AvgIpc) is 2.72. The van der Waals surface area contributed by atoms with Crippen molar-refractivity contribution in [3.05, 3.63) is 77.9 Å². The fraction of sp³-hybridized carbons (Fsp3) is 0.333. The van der Waals surface area contributed by atoms with Crippen LogP contribution in [-0.4, -0.2) is 20.0 Å². The van der Waals surface area contributed by atoms with Gasteiger partial charge in [-0.3, -0.25) is 0 Å². The number of benzene rings is 3. The van der Waals surface area contributed by atoms with Crippen LogP contribution in [0.3, 0.4) is 0 Å². The lowest BCUT2D eigenvalue weighted by Crippen LogP contribution is -2.25. The molecule has 3 nitrogen and oxygen atoms in total. The van der Waals surface area contributed by atoms with E-state index in [9.17, 15) is 0 Å². The van der Waals surface area contributed by atoms with E-state index < -0.39 is 6.29 Å². The minimum atomic E-state index is -0.455. The topological polar surface area (TPSA) is 27.7 Å². The smallest absolute Gasteiger partial charge is 0.223 e. The van der Waals surface area contributed by atoms with E-state index in [0.29, 0.717) is 19.1 Å². The second kappa shape index (κ2) is 9.54. The maximum absolute atomic E-state index is 6.03. The Bertz CT molecular complexity index is 836. The Balaban J connectivity index is 1.67. The van der Waals surface area contributed by atoms with Gasteiger partial charge < -0.3 is 14.2 Å². The standard InChI is InChI=1S/C24H28O3/c1-4-18(2)19-12-14-22(15-13-19)27-24(17-25-3)26-16-21-10-7-9-20-8-5-6-11-23(20)21/h5-15,18,24H,4,16-17H2,1-3H3. The van der Waals surface area contributed by atoms with Crippen molar-refractivity contribution in [1.29, 1.82) is 0 Å². The fourth-order valence-corrected chi connectivity index (χ4v) is 3.12. The molecule has 3 aromatic carbocycles. The number of fused-ring (bicyclic) bond motifs is 1. The lowest BCUT2D eigenvalue weighted by molar-refractivity contribution is -0.121. The van der Waals surface area contributed by atoms with Gasteiger partial charge >= 0.3 is 0 Å². The van der Waals surface area contributed by atoms with Crippen LogP contribution in [-0.2, 0) is 16.1 Å². The summed E-state index contributed by atoms with van der Waals surface area (Å²) in [6.07, 6.45) is 0.670. The van der Waals surface area contributed by atoms with Gasteiger partial charge in [0.2, 0.25) is 6.29 Å². The summed E-state index contributed by atoms with van der Waals surface area (Å²) in [6.45, 7) is 5.28. The minimum absolute atomic E-state index is 0.373. The molecule has 0 bridgehead atoms. The highest BCUT2D eigenvalue weighted by molar-refractivity contribution is 5.85. The van der Waals surface area contributed by atoms with E-state index >= 15 is 0 Å². The molecule has 0 N–H and O–H groups in total. The van der Waals surface area contributed by atoms with E-state index in [1.807, 2.05) is 24.3 Å². The van der Waals surface area contributed by atoms with Gasteiger partial charge in [-0.2, -0.15) is 0 Å². The number of rotatable bonds is 9. The van der Waals surface area contributed by atoms with E-state index in [1.54, 1.807) is 7.11 Å². The molecule has 2 unspecified atom stereocenters. The Morgan fingerprint density at radius 3 is 2.37 bits per heavy atom. The summed E-state index contributed by atoms with van der Waals surface area (Å²) in [4.78, 5) is 0. The van der Waals surface area contributed by atoms with Gasteiger partial charge in [-0.05, 0) is 46.4 Å². The molecule has 3 rings (SSSR count). The summed E-state index contributed by atoms with van der Waals surface area (Å²) in [5, 5.41) is 2.41. The molecule has 0 aliphatic heterocycles. The van der Waals surface area contributed by atoms with Gasteiger partial charge in [-0.1, -0.05) is 68.4 Å². The predicted octanol–water partition coefficient (Wildman–Crippen LogP) is 5.92. The monoisotopic (exact) mass is 364 g/mol. The molecule has 0 fully saturated rings. The Hall–Kier alpha value is -2.36. The van der Waals surface area contributed by atoms with Gasteiger partial charge in [0.15, 0.2) is 0 Å². The van der Waals surface area contributed by atoms with E-state index in [-0.39, 0.29) is 0 Å². The molecule has 3 aromatic rings. The third-order valence-electron chi connectivity index (χ3n) is 4.94. The SMILES string of the molecule is CCC(C)c1ccc(OC(COC)OCc2cccc3ccccc23)cc1. The van der Waals surface area contributed by atoms with E-state index in [1.165, 1.54) is 16.3 Å². The molecular weight excluding hydrogens is 336 g/mol. The first-order chi connectivity index (χ1) is 13.2. The van der Waals surface area contributed by atoms with Crippen molar-refractivity contribution in [3.8, 4) is 5.75 Å². The second-order valence-corrected chi connectivity index (χ2v) is 6.83. The normalized spacial score (nSPS) is 13.4. The maximum atomic E-state index is 6.03. The molecule has 0 spiro atoms. The van der Waals surface area contributed by atoms with Crippen molar-refractivity contribution in [2.45, 2.75) is 39.1 Å². The molecule has 27 heavy (non-hydrogen) atoms. The molecule has 0 saturated carbocycles. The van der Waals surface area contributed by atoms with Gasteiger partial charge in [0, 0.05) is 7.11 Å². The lowest BCUT2D eigenvalue weighted by Gasteiger charge is -2.20. The third-order valence-corrected chi connectivity index (χ3v) is 4.94. The summed E-state index contributed by atoms with van der Waals surface area (Å²) in [5.41, 5.74) is 2.47. The summed E-state index contributed by atoms with van der Waals surface area (Å²) in [6, 6.07) is 22.8. The Morgan fingerprint density at radius 2 is 1.63 bits per heavy atom. The van der Waals surface area contributed by atoms with Crippen LogP contribution in [0.1, 0.15) is 37.3 Å². The fourth-order valence-electron chi connectivity index (χ4n) is 3.12. The van der Waals surface area contributed by atoms with Crippen molar-refractivity contribution < 1.29 is 14.2 Å². The van der Waals surface area contributed by atoms with Gasteiger partial charge in [0.1, 0.15) is 12.4 Å². The number of hydrogen-bond donors (Lipinski definition) is 0. The number of ether oxygens (including phenoxy) is 3. The first kappa shape index (κ1) is 19.4. The van der Waals surface area contributed by atoms with Crippen molar-refractivity contribution >= 4 is 10.8 Å². The van der Waals surface area contributed by atoms with Crippen LogP contribution in [0.25, 0.3) is 10.8 Å². The first-order valence-electron chi connectivity index (χ1n) is 9.55. The van der Waals surface area contributed by atoms with E-state index in [0.717, 1.165) is 17.7 Å².